The third-order valence-electron chi connectivity index (χ3n) is 3.45. The average molecular weight is 329 g/mol. The molecule has 0 aliphatic rings. The van der Waals surface area contributed by atoms with Crippen molar-refractivity contribution in [1.82, 2.24) is 4.98 Å². The standard InChI is InChI=1S/C17H19N3O4/c1-10-7-11(2)16(12(3)8-10)19-15(21)9-24-14-6-5-13(4)18-17(14)20(22)23/h5-8H,9H2,1-4H3,(H,19,21). The molecular formula is C17H19N3O4. The molecule has 0 unspecified atom stereocenters. The van der Waals surface area contributed by atoms with Crippen molar-refractivity contribution < 1.29 is 14.5 Å². The van der Waals surface area contributed by atoms with Gasteiger partial charge in [-0.2, -0.15) is 0 Å². The lowest BCUT2D eigenvalue weighted by Crippen LogP contribution is -2.21. The average Bonchev–Trinajstić information content (AvgIpc) is 2.49. The van der Waals surface area contributed by atoms with E-state index in [0.717, 1.165) is 22.4 Å². The maximum atomic E-state index is 12.1. The zero-order valence-corrected chi connectivity index (χ0v) is 14.0. The molecule has 0 fully saturated rings. The quantitative estimate of drug-likeness (QED) is 0.671. The van der Waals surface area contributed by atoms with Crippen LogP contribution in [0.2, 0.25) is 0 Å². The largest absolute Gasteiger partial charge is 0.476 e. The zero-order valence-electron chi connectivity index (χ0n) is 14.0. The van der Waals surface area contributed by atoms with Crippen LogP contribution in [-0.4, -0.2) is 22.4 Å². The Hall–Kier alpha value is -2.96. The Morgan fingerprint density at radius 3 is 2.42 bits per heavy atom. The van der Waals surface area contributed by atoms with Crippen LogP contribution in [0.4, 0.5) is 11.5 Å². The smallest absolute Gasteiger partial charge is 0.406 e. The van der Waals surface area contributed by atoms with Crippen molar-refractivity contribution in [2.24, 2.45) is 0 Å². The fourth-order valence-electron chi connectivity index (χ4n) is 2.47. The Kier molecular flexibility index (Phi) is 5.13. The number of rotatable bonds is 5. The van der Waals surface area contributed by atoms with E-state index in [2.05, 4.69) is 10.3 Å². The van der Waals surface area contributed by atoms with E-state index in [-0.39, 0.29) is 18.3 Å². The number of amides is 1. The van der Waals surface area contributed by atoms with E-state index in [1.807, 2.05) is 32.9 Å². The van der Waals surface area contributed by atoms with Crippen LogP contribution in [0.25, 0.3) is 0 Å². The molecule has 0 saturated carbocycles. The Balaban J connectivity index is 2.09. The third kappa shape index (κ3) is 4.07. The summed E-state index contributed by atoms with van der Waals surface area (Å²) in [7, 11) is 0. The van der Waals surface area contributed by atoms with Crippen molar-refractivity contribution in [2.75, 3.05) is 11.9 Å². The molecule has 1 N–H and O–H groups in total. The minimum Gasteiger partial charge on any atom is -0.476 e. The van der Waals surface area contributed by atoms with E-state index in [0.29, 0.717) is 5.69 Å². The fourth-order valence-corrected chi connectivity index (χ4v) is 2.47. The van der Waals surface area contributed by atoms with Crippen LogP contribution in [0.3, 0.4) is 0 Å². The van der Waals surface area contributed by atoms with E-state index < -0.39 is 10.7 Å². The summed E-state index contributed by atoms with van der Waals surface area (Å²) >= 11 is 0. The van der Waals surface area contributed by atoms with Crippen molar-refractivity contribution in [3.8, 4) is 5.75 Å². The van der Waals surface area contributed by atoms with Crippen molar-refractivity contribution in [3.05, 3.63) is 56.8 Å². The first-order chi connectivity index (χ1) is 11.3. The number of nitro groups is 1. The van der Waals surface area contributed by atoms with Gasteiger partial charge in [0.05, 0.1) is 0 Å². The van der Waals surface area contributed by atoms with Crippen LogP contribution in [0.1, 0.15) is 22.4 Å². The second-order valence-electron chi connectivity index (χ2n) is 5.64. The van der Waals surface area contributed by atoms with Crippen LogP contribution in [0.5, 0.6) is 5.75 Å². The minimum absolute atomic E-state index is 0.0295. The van der Waals surface area contributed by atoms with Gasteiger partial charge in [0.25, 0.3) is 5.91 Å². The van der Waals surface area contributed by atoms with Gasteiger partial charge in [-0.3, -0.25) is 4.79 Å². The number of pyridine rings is 1. The lowest BCUT2D eigenvalue weighted by atomic mass is 10.1. The molecule has 1 aromatic carbocycles. The molecule has 7 heteroatoms. The van der Waals surface area contributed by atoms with Gasteiger partial charge in [0.1, 0.15) is 5.69 Å². The number of carbonyl (C=O) groups is 1. The van der Waals surface area contributed by atoms with E-state index in [9.17, 15) is 14.9 Å². The first-order valence-electron chi connectivity index (χ1n) is 7.40. The highest BCUT2D eigenvalue weighted by atomic mass is 16.6. The predicted octanol–water partition coefficient (Wildman–Crippen LogP) is 3.24. The van der Waals surface area contributed by atoms with Gasteiger partial charge in [-0.25, -0.2) is 0 Å². The molecule has 0 radical (unpaired) electrons. The van der Waals surface area contributed by atoms with Gasteiger partial charge in [-0.05, 0) is 53.9 Å². The Morgan fingerprint density at radius 1 is 1.21 bits per heavy atom. The summed E-state index contributed by atoms with van der Waals surface area (Å²) in [5.74, 6) is -0.816. The summed E-state index contributed by atoms with van der Waals surface area (Å²) in [6, 6.07) is 6.97. The number of hydrogen-bond donors (Lipinski definition) is 1. The molecule has 1 amide bonds. The first-order valence-corrected chi connectivity index (χ1v) is 7.40. The number of aromatic nitrogens is 1. The normalized spacial score (nSPS) is 10.3. The highest BCUT2D eigenvalue weighted by Crippen LogP contribution is 2.25. The molecule has 0 aliphatic carbocycles. The lowest BCUT2D eigenvalue weighted by Gasteiger charge is -2.13. The number of nitrogens with one attached hydrogen (secondary N) is 1. The Morgan fingerprint density at radius 2 is 1.83 bits per heavy atom. The molecule has 0 atom stereocenters. The number of hydrogen-bond acceptors (Lipinski definition) is 5. The van der Waals surface area contributed by atoms with Crippen LogP contribution >= 0.6 is 0 Å². The summed E-state index contributed by atoms with van der Waals surface area (Å²) in [6.07, 6.45) is 0. The van der Waals surface area contributed by atoms with Gasteiger partial charge >= 0.3 is 5.82 Å². The van der Waals surface area contributed by atoms with Crippen LogP contribution in [0, 0.1) is 37.8 Å². The van der Waals surface area contributed by atoms with E-state index >= 15 is 0 Å². The molecule has 126 valence electrons. The second kappa shape index (κ2) is 7.08. The van der Waals surface area contributed by atoms with Gasteiger partial charge in [-0.15, -0.1) is 0 Å². The molecule has 0 saturated heterocycles. The van der Waals surface area contributed by atoms with Gasteiger partial charge in [0.15, 0.2) is 6.61 Å². The molecule has 2 aromatic rings. The Labute approximate surface area is 139 Å². The van der Waals surface area contributed by atoms with Crippen molar-refractivity contribution in [1.29, 1.82) is 0 Å². The highest BCUT2D eigenvalue weighted by Gasteiger charge is 2.19. The lowest BCUT2D eigenvalue weighted by molar-refractivity contribution is -0.390. The van der Waals surface area contributed by atoms with Crippen LogP contribution in [-0.2, 0) is 4.79 Å². The number of nitrogens with zero attached hydrogens (tertiary/aromatic N) is 2. The number of aryl methyl sites for hydroxylation is 4. The topological polar surface area (TPSA) is 94.4 Å². The fraction of sp³-hybridized carbons (Fsp3) is 0.294. The highest BCUT2D eigenvalue weighted by molar-refractivity contribution is 5.93. The third-order valence-corrected chi connectivity index (χ3v) is 3.45. The maximum absolute atomic E-state index is 12.1. The zero-order chi connectivity index (χ0) is 17.9. The second-order valence-corrected chi connectivity index (χ2v) is 5.64. The van der Waals surface area contributed by atoms with Gasteiger partial charge < -0.3 is 20.2 Å². The van der Waals surface area contributed by atoms with E-state index in [1.165, 1.54) is 6.07 Å². The monoisotopic (exact) mass is 329 g/mol. The summed E-state index contributed by atoms with van der Waals surface area (Å²) < 4.78 is 5.27. The molecule has 7 nitrogen and oxygen atoms in total. The summed E-state index contributed by atoms with van der Waals surface area (Å²) in [4.78, 5) is 26.3. The van der Waals surface area contributed by atoms with Gasteiger partial charge in [-0.1, -0.05) is 17.7 Å². The van der Waals surface area contributed by atoms with Gasteiger partial charge in [0, 0.05) is 12.6 Å². The van der Waals surface area contributed by atoms with Crippen molar-refractivity contribution in [2.45, 2.75) is 27.7 Å². The molecule has 0 bridgehead atoms. The summed E-state index contributed by atoms with van der Waals surface area (Å²) in [5, 5.41) is 13.8. The van der Waals surface area contributed by atoms with Crippen LogP contribution in [0.15, 0.2) is 24.3 Å². The number of carbonyl (C=O) groups excluding carboxylic acids is 1. The number of ether oxygens (including phenoxy) is 1. The van der Waals surface area contributed by atoms with Crippen molar-refractivity contribution in [3.63, 3.8) is 0 Å². The first kappa shape index (κ1) is 17.4. The molecule has 24 heavy (non-hydrogen) atoms. The van der Waals surface area contributed by atoms with Crippen LogP contribution < -0.4 is 10.1 Å². The van der Waals surface area contributed by atoms with Crippen molar-refractivity contribution >= 4 is 17.4 Å². The Bertz CT molecular complexity index is 779. The summed E-state index contributed by atoms with van der Waals surface area (Å²) in [6.45, 7) is 7.11. The summed E-state index contributed by atoms with van der Waals surface area (Å²) in [5.41, 5.74) is 4.24. The molecule has 1 aromatic heterocycles. The van der Waals surface area contributed by atoms with Gasteiger partial charge in [0.2, 0.25) is 5.75 Å². The number of anilines is 1. The van der Waals surface area contributed by atoms with E-state index in [4.69, 9.17) is 4.74 Å². The SMILES string of the molecule is Cc1cc(C)c(NC(=O)COc2ccc(C)nc2[N+](=O)[O-])c(C)c1. The molecule has 1 heterocycles. The number of benzene rings is 1. The predicted molar refractivity (Wildman–Crippen MR) is 90.4 cm³/mol. The molecule has 0 spiro atoms. The van der Waals surface area contributed by atoms with E-state index in [1.54, 1.807) is 13.0 Å². The molecular weight excluding hydrogens is 310 g/mol. The molecule has 2 rings (SSSR count). The molecule has 0 aliphatic heterocycles. The minimum atomic E-state index is -0.630. The maximum Gasteiger partial charge on any atom is 0.406 e.